The first-order valence-electron chi connectivity index (χ1n) is 10.2. The van der Waals surface area contributed by atoms with Gasteiger partial charge in [0.2, 0.25) is 0 Å². The second-order valence-electron chi connectivity index (χ2n) is 7.69. The Kier molecular flexibility index (Phi) is 5.63. The van der Waals surface area contributed by atoms with Gasteiger partial charge in [0, 0.05) is 35.0 Å². The van der Waals surface area contributed by atoms with Crippen LogP contribution in [0.3, 0.4) is 0 Å². The van der Waals surface area contributed by atoms with Gasteiger partial charge < -0.3 is 15.4 Å². The van der Waals surface area contributed by atoms with Crippen molar-refractivity contribution in [2.45, 2.75) is 39.5 Å². The number of anilines is 1. The number of hydrogen-bond acceptors (Lipinski definition) is 4. The average molecular weight is 456 g/mol. The summed E-state index contributed by atoms with van der Waals surface area (Å²) in [6.07, 6.45) is 5.20. The fourth-order valence-corrected chi connectivity index (χ4v) is 4.68. The normalized spacial score (nSPS) is 16.2. The fraction of sp³-hybridized carbons (Fsp3) is 0.391. The quantitative estimate of drug-likeness (QED) is 0.621. The predicted octanol–water partition coefficient (Wildman–Crippen LogP) is 4.89. The highest BCUT2D eigenvalue weighted by Gasteiger charge is 2.27. The molecule has 6 heteroatoms. The highest BCUT2D eigenvalue weighted by atomic mass is 79.9. The minimum absolute atomic E-state index is 0.222. The molecular formula is C23H26BrN3O2. The van der Waals surface area contributed by atoms with Crippen LogP contribution in [0.2, 0.25) is 0 Å². The molecule has 1 saturated heterocycles. The fourth-order valence-electron chi connectivity index (χ4n) is 4.30. The van der Waals surface area contributed by atoms with Crippen LogP contribution >= 0.6 is 15.9 Å². The predicted molar refractivity (Wildman–Crippen MR) is 119 cm³/mol. The summed E-state index contributed by atoms with van der Waals surface area (Å²) in [6.45, 7) is 5.64. The van der Waals surface area contributed by atoms with Crippen LogP contribution in [0.5, 0.6) is 0 Å². The van der Waals surface area contributed by atoms with Crippen molar-refractivity contribution in [3.05, 3.63) is 62.4 Å². The zero-order chi connectivity index (χ0) is 20.5. The summed E-state index contributed by atoms with van der Waals surface area (Å²) in [7, 11) is 0. The van der Waals surface area contributed by atoms with Crippen LogP contribution in [0.25, 0.3) is 5.57 Å². The first-order chi connectivity index (χ1) is 14.0. The Bertz CT molecular complexity index is 990. The Morgan fingerprint density at radius 1 is 1.17 bits per heavy atom. The molecule has 4 rings (SSSR count). The number of amides is 1. The number of fused-ring (bicyclic) bond motifs is 2. The van der Waals surface area contributed by atoms with Gasteiger partial charge in [0.05, 0.1) is 12.3 Å². The van der Waals surface area contributed by atoms with Crippen LogP contribution in [0.15, 0.2) is 34.4 Å². The summed E-state index contributed by atoms with van der Waals surface area (Å²) in [4.78, 5) is 18.7. The second kappa shape index (κ2) is 8.19. The standard InChI is InChI=1S/C23H26BrN3O2/c1-3-29-23(28)27-8-6-15(7-9-27)21-19-12-20(25)14(2)10-16(19)4-5-17-11-18(24)13-26-22(17)21/h10-13H,3-9,25H2,1-2H3. The van der Waals surface area contributed by atoms with E-state index in [0.29, 0.717) is 19.7 Å². The maximum atomic E-state index is 12.1. The van der Waals surface area contributed by atoms with Crippen molar-refractivity contribution in [3.63, 3.8) is 0 Å². The number of pyridine rings is 1. The molecule has 1 aliphatic carbocycles. The number of carbonyl (C=O) groups is 1. The number of nitrogens with two attached hydrogens (primary N) is 1. The van der Waals surface area contributed by atoms with E-state index in [4.69, 9.17) is 15.5 Å². The summed E-state index contributed by atoms with van der Waals surface area (Å²) < 4.78 is 6.17. The zero-order valence-electron chi connectivity index (χ0n) is 16.9. The Morgan fingerprint density at radius 2 is 1.90 bits per heavy atom. The van der Waals surface area contributed by atoms with Crippen LogP contribution in [-0.4, -0.2) is 35.7 Å². The van der Waals surface area contributed by atoms with Crippen molar-refractivity contribution >= 4 is 33.3 Å². The molecule has 2 heterocycles. The van der Waals surface area contributed by atoms with Crippen LogP contribution in [0, 0.1) is 6.92 Å². The molecule has 2 aliphatic rings. The number of nitrogens with zero attached hydrogens (tertiary/aromatic N) is 2. The van der Waals surface area contributed by atoms with Crippen LogP contribution in [0.4, 0.5) is 10.5 Å². The molecule has 152 valence electrons. The summed E-state index contributed by atoms with van der Waals surface area (Å²) in [5, 5.41) is 0. The maximum absolute atomic E-state index is 12.1. The number of benzene rings is 1. The molecule has 1 aromatic carbocycles. The van der Waals surface area contributed by atoms with E-state index in [2.05, 4.69) is 41.1 Å². The van der Waals surface area contributed by atoms with E-state index in [1.807, 2.05) is 13.1 Å². The van der Waals surface area contributed by atoms with Crippen molar-refractivity contribution < 1.29 is 9.53 Å². The number of halogens is 1. The lowest BCUT2D eigenvalue weighted by molar-refractivity contribution is 0.104. The second-order valence-corrected chi connectivity index (χ2v) is 8.61. The minimum atomic E-state index is -0.222. The molecule has 0 radical (unpaired) electrons. The first-order valence-corrected chi connectivity index (χ1v) is 10.9. The molecule has 5 nitrogen and oxygen atoms in total. The minimum Gasteiger partial charge on any atom is -0.450 e. The van der Waals surface area contributed by atoms with Gasteiger partial charge in [-0.25, -0.2) is 4.79 Å². The number of hydrogen-bond donors (Lipinski definition) is 1. The van der Waals surface area contributed by atoms with Crippen molar-refractivity contribution in [2.75, 3.05) is 25.4 Å². The van der Waals surface area contributed by atoms with Crippen LogP contribution < -0.4 is 5.73 Å². The maximum Gasteiger partial charge on any atom is 0.409 e. The largest absolute Gasteiger partial charge is 0.450 e. The smallest absolute Gasteiger partial charge is 0.409 e. The number of ether oxygens (including phenoxy) is 1. The Balaban J connectivity index is 1.81. The van der Waals surface area contributed by atoms with E-state index >= 15 is 0 Å². The van der Waals surface area contributed by atoms with E-state index in [-0.39, 0.29) is 6.09 Å². The Hall–Kier alpha value is -2.34. The third-order valence-corrected chi connectivity index (χ3v) is 6.28. The summed E-state index contributed by atoms with van der Waals surface area (Å²) in [5.74, 6) is 0. The average Bonchev–Trinajstić information content (AvgIpc) is 2.85. The number of rotatable bonds is 1. The van der Waals surface area contributed by atoms with Gasteiger partial charge in [-0.1, -0.05) is 11.6 Å². The highest BCUT2D eigenvalue weighted by molar-refractivity contribution is 9.10. The molecule has 1 amide bonds. The summed E-state index contributed by atoms with van der Waals surface area (Å²) >= 11 is 3.57. The van der Waals surface area contributed by atoms with E-state index in [9.17, 15) is 4.79 Å². The van der Waals surface area contributed by atoms with Gasteiger partial charge in [0.1, 0.15) is 0 Å². The molecule has 0 bridgehead atoms. The summed E-state index contributed by atoms with van der Waals surface area (Å²) in [6, 6.07) is 6.52. The lowest BCUT2D eigenvalue weighted by atomic mass is 9.87. The van der Waals surface area contributed by atoms with Crippen molar-refractivity contribution in [2.24, 2.45) is 0 Å². The van der Waals surface area contributed by atoms with Gasteiger partial charge in [-0.05, 0) is 89.8 Å². The molecule has 1 fully saturated rings. The Labute approximate surface area is 180 Å². The van der Waals surface area contributed by atoms with Crippen molar-refractivity contribution in [1.29, 1.82) is 0 Å². The number of nitrogen functional groups attached to an aromatic ring is 1. The molecule has 1 aromatic heterocycles. The lowest BCUT2D eigenvalue weighted by Crippen LogP contribution is -2.37. The van der Waals surface area contributed by atoms with Gasteiger partial charge in [-0.15, -0.1) is 0 Å². The summed E-state index contributed by atoms with van der Waals surface area (Å²) in [5.41, 5.74) is 15.6. The third kappa shape index (κ3) is 3.90. The van der Waals surface area contributed by atoms with E-state index in [0.717, 1.165) is 47.1 Å². The molecule has 0 saturated carbocycles. The first kappa shape index (κ1) is 20.0. The monoisotopic (exact) mass is 455 g/mol. The van der Waals surface area contributed by atoms with E-state index < -0.39 is 0 Å². The van der Waals surface area contributed by atoms with Crippen LogP contribution in [-0.2, 0) is 17.6 Å². The van der Waals surface area contributed by atoms with E-state index in [1.165, 1.54) is 27.8 Å². The SMILES string of the molecule is CCOC(=O)N1CCC(=C2c3cc(N)c(C)cc3CCc3cc(Br)cnc32)CC1. The van der Waals surface area contributed by atoms with Crippen molar-refractivity contribution in [1.82, 2.24) is 9.88 Å². The molecular weight excluding hydrogens is 430 g/mol. The van der Waals surface area contributed by atoms with Gasteiger partial charge in [-0.2, -0.15) is 0 Å². The Morgan fingerprint density at radius 3 is 2.62 bits per heavy atom. The highest BCUT2D eigenvalue weighted by Crippen LogP contribution is 2.39. The lowest BCUT2D eigenvalue weighted by Gasteiger charge is -2.29. The van der Waals surface area contributed by atoms with Gasteiger partial charge in [0.15, 0.2) is 0 Å². The molecule has 2 N–H and O–H groups in total. The van der Waals surface area contributed by atoms with Gasteiger partial charge in [-0.3, -0.25) is 4.98 Å². The van der Waals surface area contributed by atoms with Crippen LogP contribution in [0.1, 0.15) is 47.7 Å². The zero-order valence-corrected chi connectivity index (χ0v) is 18.5. The van der Waals surface area contributed by atoms with Gasteiger partial charge in [0.25, 0.3) is 0 Å². The molecule has 0 spiro atoms. The number of carbonyl (C=O) groups excluding carboxylic acids is 1. The topological polar surface area (TPSA) is 68.5 Å². The molecule has 1 aliphatic heterocycles. The van der Waals surface area contributed by atoms with Crippen molar-refractivity contribution in [3.8, 4) is 0 Å². The van der Waals surface area contributed by atoms with Gasteiger partial charge >= 0.3 is 6.09 Å². The number of aromatic nitrogens is 1. The third-order valence-electron chi connectivity index (χ3n) is 5.84. The molecule has 0 atom stereocenters. The number of piperidine rings is 1. The molecule has 2 aromatic rings. The molecule has 29 heavy (non-hydrogen) atoms. The molecule has 0 unspecified atom stereocenters. The number of aryl methyl sites for hydroxylation is 3. The number of likely N-dealkylation sites (tertiary alicyclic amines) is 1. The van der Waals surface area contributed by atoms with E-state index in [1.54, 1.807) is 4.90 Å².